The summed E-state index contributed by atoms with van der Waals surface area (Å²) in [7, 11) is 0. The molecule has 0 spiro atoms. The molecule has 26 heavy (non-hydrogen) atoms. The summed E-state index contributed by atoms with van der Waals surface area (Å²) in [6, 6.07) is 0. The number of fused-ring (bicyclic) bond motifs is 5. The molecule has 0 aliphatic heterocycles. The van der Waals surface area contributed by atoms with E-state index in [2.05, 4.69) is 26.8 Å². The summed E-state index contributed by atoms with van der Waals surface area (Å²) in [5.74, 6) is 4.11. The summed E-state index contributed by atoms with van der Waals surface area (Å²) in [5.41, 5.74) is 3.03. The zero-order valence-electron chi connectivity index (χ0n) is 17.3. The van der Waals surface area contributed by atoms with Crippen molar-refractivity contribution in [1.29, 1.82) is 0 Å². The van der Waals surface area contributed by atoms with Gasteiger partial charge in [-0.3, -0.25) is 4.79 Å². The molecule has 0 N–H and O–H groups in total. The second-order valence-electron chi connectivity index (χ2n) is 11.4. The maximum Gasteiger partial charge on any atom is 0.155 e. The van der Waals surface area contributed by atoms with Gasteiger partial charge in [0.2, 0.25) is 0 Å². The highest BCUT2D eigenvalue weighted by atomic mass is 16.1. The van der Waals surface area contributed by atoms with Gasteiger partial charge in [0.1, 0.15) is 0 Å². The van der Waals surface area contributed by atoms with Crippen molar-refractivity contribution < 1.29 is 4.79 Å². The van der Waals surface area contributed by atoms with Crippen LogP contribution >= 0.6 is 0 Å². The lowest BCUT2D eigenvalue weighted by Crippen LogP contribution is -2.53. The van der Waals surface area contributed by atoms with Gasteiger partial charge in [-0.05, 0) is 104 Å². The second-order valence-corrected chi connectivity index (χ2v) is 11.4. The fourth-order valence-electron chi connectivity index (χ4n) is 9.10. The third kappa shape index (κ3) is 2.12. The van der Waals surface area contributed by atoms with Crippen LogP contribution < -0.4 is 0 Å². The Balaban J connectivity index is 1.47. The molecule has 6 atom stereocenters. The average Bonchev–Trinajstić information content (AvgIpc) is 3.24. The van der Waals surface area contributed by atoms with Crippen LogP contribution in [0.5, 0.6) is 0 Å². The van der Waals surface area contributed by atoms with Gasteiger partial charge < -0.3 is 0 Å². The Labute approximate surface area is 160 Å². The maximum absolute atomic E-state index is 12.0. The van der Waals surface area contributed by atoms with E-state index in [0.29, 0.717) is 22.0 Å². The zero-order chi connectivity index (χ0) is 18.2. The number of carbonyl (C=O) groups excluding carboxylic acids is 1. The van der Waals surface area contributed by atoms with Crippen LogP contribution in [0.1, 0.15) is 97.8 Å². The molecule has 0 radical (unpaired) electrons. The first-order valence-corrected chi connectivity index (χ1v) is 11.6. The molecule has 0 aromatic heterocycles. The molecule has 4 saturated carbocycles. The van der Waals surface area contributed by atoms with E-state index < -0.39 is 0 Å². The number of hydrogen-bond donors (Lipinski definition) is 0. The van der Waals surface area contributed by atoms with Crippen LogP contribution in [0, 0.1) is 39.9 Å². The molecule has 5 aliphatic rings. The van der Waals surface area contributed by atoms with Crippen LogP contribution in [-0.4, -0.2) is 5.78 Å². The quantitative estimate of drug-likeness (QED) is 0.511. The monoisotopic (exact) mass is 354 g/mol. The van der Waals surface area contributed by atoms with Crippen molar-refractivity contribution in [2.75, 3.05) is 0 Å². The van der Waals surface area contributed by atoms with E-state index in [9.17, 15) is 4.79 Å². The second kappa shape index (κ2) is 5.71. The fraction of sp³-hybridized carbons (Fsp3) is 0.880. The lowest BCUT2D eigenvalue weighted by Gasteiger charge is -2.60. The largest absolute Gasteiger partial charge is 0.295 e. The van der Waals surface area contributed by atoms with Gasteiger partial charge in [0.15, 0.2) is 5.78 Å². The van der Waals surface area contributed by atoms with Gasteiger partial charge in [-0.25, -0.2) is 0 Å². The molecule has 144 valence electrons. The Bertz CT molecular complexity index is 641. The molecule has 0 aromatic carbocycles. The molecular formula is C25H38O. The highest BCUT2D eigenvalue weighted by molar-refractivity contribution is 5.91. The summed E-state index contributed by atoms with van der Waals surface area (Å²) < 4.78 is 0. The normalized spacial score (nSPS) is 51.6. The van der Waals surface area contributed by atoms with Crippen LogP contribution in [0.3, 0.4) is 0 Å². The van der Waals surface area contributed by atoms with Gasteiger partial charge in [0.05, 0.1) is 0 Å². The van der Waals surface area contributed by atoms with E-state index in [-0.39, 0.29) is 0 Å². The van der Waals surface area contributed by atoms with Gasteiger partial charge in [0, 0.05) is 6.42 Å². The van der Waals surface area contributed by atoms with Crippen molar-refractivity contribution in [2.45, 2.75) is 97.8 Å². The van der Waals surface area contributed by atoms with Crippen molar-refractivity contribution in [3.63, 3.8) is 0 Å². The smallest absolute Gasteiger partial charge is 0.155 e. The highest BCUT2D eigenvalue weighted by Gasteiger charge is 2.64. The van der Waals surface area contributed by atoms with Crippen molar-refractivity contribution >= 4 is 5.78 Å². The first-order valence-electron chi connectivity index (χ1n) is 11.6. The Morgan fingerprint density at radius 2 is 1.50 bits per heavy atom. The molecule has 0 heterocycles. The molecule has 0 aromatic rings. The summed E-state index contributed by atoms with van der Waals surface area (Å²) in [5, 5.41) is 0. The summed E-state index contributed by atoms with van der Waals surface area (Å²) in [4.78, 5) is 12.0. The van der Waals surface area contributed by atoms with Crippen molar-refractivity contribution in [3.8, 4) is 0 Å². The van der Waals surface area contributed by atoms with E-state index in [4.69, 9.17) is 0 Å². The molecule has 1 heteroatoms. The molecule has 5 rings (SSSR count). The lowest BCUT2D eigenvalue weighted by atomic mass is 9.44. The predicted molar refractivity (Wildman–Crippen MR) is 107 cm³/mol. The Morgan fingerprint density at radius 3 is 2.27 bits per heavy atom. The molecular weight excluding hydrogens is 316 g/mol. The first-order chi connectivity index (χ1) is 12.4. The Morgan fingerprint density at radius 1 is 0.808 bits per heavy atom. The SMILES string of the molecule is C[C@]12CCC(=O)C=C1CCC1[C@@H]2CC[C@@]2(C)[C@H]1CC[C@]2(C)C1CCCC1. The Hall–Kier alpha value is -0.590. The third-order valence-corrected chi connectivity index (χ3v) is 10.9. The minimum Gasteiger partial charge on any atom is -0.295 e. The predicted octanol–water partition coefficient (Wildman–Crippen LogP) is 6.71. The van der Waals surface area contributed by atoms with Crippen LogP contribution in [0.15, 0.2) is 11.6 Å². The Kier molecular flexibility index (Phi) is 3.84. The van der Waals surface area contributed by atoms with Crippen molar-refractivity contribution in [3.05, 3.63) is 11.6 Å². The zero-order valence-corrected chi connectivity index (χ0v) is 17.3. The number of hydrogen-bond acceptors (Lipinski definition) is 1. The van der Waals surface area contributed by atoms with E-state index in [1.54, 1.807) is 0 Å². The van der Waals surface area contributed by atoms with Gasteiger partial charge >= 0.3 is 0 Å². The fourth-order valence-corrected chi connectivity index (χ4v) is 9.10. The minimum absolute atomic E-state index is 0.338. The summed E-state index contributed by atoms with van der Waals surface area (Å²) >= 11 is 0. The molecule has 1 nitrogen and oxygen atoms in total. The summed E-state index contributed by atoms with van der Waals surface area (Å²) in [6.07, 6.45) is 18.3. The van der Waals surface area contributed by atoms with E-state index in [0.717, 1.165) is 36.5 Å². The number of allylic oxidation sites excluding steroid dienone is 1. The molecule has 1 unspecified atom stereocenters. The summed E-state index contributed by atoms with van der Waals surface area (Å²) in [6.45, 7) is 7.92. The highest BCUT2D eigenvalue weighted by Crippen LogP contribution is 2.72. The van der Waals surface area contributed by atoms with Gasteiger partial charge in [0.25, 0.3) is 0 Å². The molecule has 0 bridgehead atoms. The standard InChI is InChI=1S/C25H38O/c1-23-13-10-19(26)16-18(23)8-9-20-21(23)11-15-25(3)22(20)12-14-24(25,2)17-6-4-5-7-17/h16-17,20-22H,4-15H2,1-3H3/t20?,21-,22-,23-,24+,25-/m0/s1. The van der Waals surface area contributed by atoms with Crippen LogP contribution in [-0.2, 0) is 4.79 Å². The van der Waals surface area contributed by atoms with Crippen LogP contribution in [0.4, 0.5) is 0 Å². The molecule has 4 fully saturated rings. The van der Waals surface area contributed by atoms with Crippen LogP contribution in [0.2, 0.25) is 0 Å². The van der Waals surface area contributed by atoms with Crippen molar-refractivity contribution in [1.82, 2.24) is 0 Å². The first kappa shape index (κ1) is 17.5. The number of rotatable bonds is 1. The van der Waals surface area contributed by atoms with Gasteiger partial charge in [-0.15, -0.1) is 0 Å². The number of carbonyl (C=O) groups is 1. The third-order valence-electron chi connectivity index (χ3n) is 10.9. The molecule has 0 amide bonds. The maximum atomic E-state index is 12.0. The van der Waals surface area contributed by atoms with E-state index >= 15 is 0 Å². The lowest BCUT2D eigenvalue weighted by molar-refractivity contribution is -0.119. The average molecular weight is 355 g/mol. The van der Waals surface area contributed by atoms with Crippen molar-refractivity contribution in [2.24, 2.45) is 39.9 Å². The minimum atomic E-state index is 0.338. The van der Waals surface area contributed by atoms with E-state index in [1.807, 2.05) is 0 Å². The van der Waals surface area contributed by atoms with Crippen LogP contribution in [0.25, 0.3) is 0 Å². The molecule has 0 saturated heterocycles. The molecule has 5 aliphatic carbocycles. The number of ketones is 1. The van der Waals surface area contributed by atoms with E-state index in [1.165, 1.54) is 69.8 Å². The van der Waals surface area contributed by atoms with Gasteiger partial charge in [-0.1, -0.05) is 39.2 Å². The van der Waals surface area contributed by atoms with Gasteiger partial charge in [-0.2, -0.15) is 0 Å². The topological polar surface area (TPSA) is 17.1 Å².